The third kappa shape index (κ3) is 1.51. The molecule has 0 amide bonds. The molecule has 2 rings (SSSR count). The molecular weight excluding hydrogens is 222 g/mol. The first kappa shape index (κ1) is 10.4. The number of rotatable bonds is 1. The number of carbonyl (C=O) groups is 1. The molecule has 1 aliphatic carbocycles. The summed E-state index contributed by atoms with van der Waals surface area (Å²) in [6.45, 7) is 0. The number of alkyl halides is 2. The van der Waals surface area contributed by atoms with Gasteiger partial charge >= 0.3 is 5.92 Å². The molecule has 1 aromatic carbocycles. The van der Waals surface area contributed by atoms with Gasteiger partial charge in [-0.1, -0.05) is 12.1 Å². The molecule has 80 valence electrons. The first-order valence-electron chi connectivity index (χ1n) is 4.31. The number of ketones is 1. The Morgan fingerprint density at radius 2 is 2.07 bits per heavy atom. The summed E-state index contributed by atoms with van der Waals surface area (Å²) in [6.07, 6.45) is 0.797. The van der Waals surface area contributed by atoms with Crippen LogP contribution in [0.25, 0.3) is 0 Å². The quantitative estimate of drug-likeness (QED) is 0.737. The summed E-state index contributed by atoms with van der Waals surface area (Å²) in [7, 11) is -1.42. The molecule has 1 aromatic rings. The largest absolute Gasteiger partial charge is 0.313 e. The molecule has 0 fully saturated rings. The molecule has 0 saturated heterocycles. The molecule has 0 bridgehead atoms. The van der Waals surface area contributed by atoms with Crippen LogP contribution in [0, 0.1) is 0 Å². The van der Waals surface area contributed by atoms with E-state index in [2.05, 4.69) is 0 Å². The first-order valence-corrected chi connectivity index (χ1v) is 5.87. The number of Topliss-reactive ketones (excluding diaryl/α,β-unsaturated/α-hetero) is 1. The summed E-state index contributed by atoms with van der Waals surface area (Å²) in [6, 6.07) is 4.48. The van der Waals surface area contributed by atoms with E-state index >= 15 is 0 Å². The predicted molar refractivity (Wildman–Crippen MR) is 51.8 cm³/mol. The molecule has 15 heavy (non-hydrogen) atoms. The predicted octanol–water partition coefficient (Wildman–Crippen LogP) is 1.80. The second-order valence-electron chi connectivity index (χ2n) is 3.45. The van der Waals surface area contributed by atoms with Gasteiger partial charge in [-0.25, -0.2) is 0 Å². The van der Waals surface area contributed by atoms with Crippen LogP contribution < -0.4 is 0 Å². The Morgan fingerprint density at radius 1 is 1.40 bits per heavy atom. The highest BCUT2D eigenvalue weighted by Crippen LogP contribution is 2.36. The lowest BCUT2D eigenvalue weighted by atomic mass is 10.1. The SMILES string of the molecule is CS(=O)c1cccc2c1C(=O)C(F)(F)C2. The van der Waals surface area contributed by atoms with Crippen molar-refractivity contribution in [3.8, 4) is 0 Å². The molecule has 0 radical (unpaired) electrons. The van der Waals surface area contributed by atoms with E-state index in [4.69, 9.17) is 0 Å². The van der Waals surface area contributed by atoms with Crippen LogP contribution in [0.1, 0.15) is 15.9 Å². The zero-order chi connectivity index (χ0) is 11.2. The molecule has 0 aromatic heterocycles. The van der Waals surface area contributed by atoms with Crippen molar-refractivity contribution in [2.24, 2.45) is 0 Å². The average Bonchev–Trinajstić information content (AvgIpc) is 2.37. The van der Waals surface area contributed by atoms with E-state index < -0.39 is 28.9 Å². The zero-order valence-electron chi connectivity index (χ0n) is 7.92. The van der Waals surface area contributed by atoms with E-state index in [1.165, 1.54) is 18.4 Å². The van der Waals surface area contributed by atoms with Gasteiger partial charge in [-0.05, 0) is 11.6 Å². The van der Waals surface area contributed by atoms with Gasteiger partial charge in [0.2, 0.25) is 5.78 Å². The molecule has 0 saturated carbocycles. The maximum Gasteiger partial charge on any atom is 0.313 e. The van der Waals surface area contributed by atoms with E-state index in [1.807, 2.05) is 0 Å². The maximum atomic E-state index is 13.1. The van der Waals surface area contributed by atoms with Crippen LogP contribution in [-0.2, 0) is 17.2 Å². The fourth-order valence-electron chi connectivity index (χ4n) is 1.72. The third-order valence-corrected chi connectivity index (χ3v) is 3.35. The van der Waals surface area contributed by atoms with Crippen molar-refractivity contribution >= 4 is 16.6 Å². The van der Waals surface area contributed by atoms with Crippen LogP contribution in [0.15, 0.2) is 23.1 Å². The minimum absolute atomic E-state index is 0.0525. The lowest BCUT2D eigenvalue weighted by Crippen LogP contribution is -2.24. The van der Waals surface area contributed by atoms with E-state index in [1.54, 1.807) is 6.07 Å². The number of benzene rings is 1. The van der Waals surface area contributed by atoms with Gasteiger partial charge in [0.15, 0.2) is 0 Å². The Balaban J connectivity index is 2.66. The standard InChI is InChI=1S/C10H8F2O2S/c1-15(14)7-4-2-3-6-5-10(11,12)9(13)8(6)7/h2-4H,5H2,1H3. The normalized spacial score (nSPS) is 20.1. The van der Waals surface area contributed by atoms with Gasteiger partial charge in [-0.2, -0.15) is 8.78 Å². The van der Waals surface area contributed by atoms with Crippen molar-refractivity contribution in [3.63, 3.8) is 0 Å². The van der Waals surface area contributed by atoms with Gasteiger partial charge in [0, 0.05) is 23.1 Å². The van der Waals surface area contributed by atoms with Gasteiger partial charge in [0.05, 0.1) is 10.8 Å². The van der Waals surface area contributed by atoms with Crippen molar-refractivity contribution in [2.75, 3.05) is 6.26 Å². The Morgan fingerprint density at radius 3 is 2.67 bits per heavy atom. The number of hydrogen-bond donors (Lipinski definition) is 0. The molecule has 0 heterocycles. The van der Waals surface area contributed by atoms with Crippen molar-refractivity contribution < 1.29 is 17.8 Å². The van der Waals surface area contributed by atoms with Crippen LogP contribution >= 0.6 is 0 Å². The Hall–Kier alpha value is -1.10. The van der Waals surface area contributed by atoms with Gasteiger partial charge in [-0.15, -0.1) is 0 Å². The fraction of sp³-hybridized carbons (Fsp3) is 0.300. The summed E-state index contributed by atoms with van der Waals surface area (Å²) in [5.41, 5.74) is 0.237. The van der Waals surface area contributed by atoms with Gasteiger partial charge in [0.25, 0.3) is 0 Å². The van der Waals surface area contributed by atoms with E-state index in [0.717, 1.165) is 0 Å². The topological polar surface area (TPSA) is 34.1 Å². The summed E-state index contributed by atoms with van der Waals surface area (Å²) < 4.78 is 37.5. The summed E-state index contributed by atoms with van der Waals surface area (Å²) >= 11 is 0. The first-order chi connectivity index (χ1) is 6.93. The highest BCUT2D eigenvalue weighted by atomic mass is 32.2. The van der Waals surface area contributed by atoms with Gasteiger partial charge in [0.1, 0.15) is 0 Å². The van der Waals surface area contributed by atoms with Crippen LogP contribution in [0.5, 0.6) is 0 Å². The second kappa shape index (κ2) is 3.20. The molecule has 5 heteroatoms. The van der Waals surface area contributed by atoms with Crippen LogP contribution in [0.3, 0.4) is 0 Å². The molecule has 0 aliphatic heterocycles. The van der Waals surface area contributed by atoms with Crippen LogP contribution in [0.4, 0.5) is 8.78 Å². The highest BCUT2D eigenvalue weighted by Gasteiger charge is 2.48. The van der Waals surface area contributed by atoms with E-state index in [9.17, 15) is 17.8 Å². The average molecular weight is 230 g/mol. The van der Waals surface area contributed by atoms with Crippen molar-refractivity contribution in [1.82, 2.24) is 0 Å². The summed E-state index contributed by atoms with van der Waals surface area (Å²) in [4.78, 5) is 11.6. The molecule has 1 atom stereocenters. The Labute approximate surface area is 87.8 Å². The summed E-state index contributed by atoms with van der Waals surface area (Å²) in [5.74, 6) is -4.54. The molecule has 1 aliphatic rings. The molecule has 1 unspecified atom stereocenters. The van der Waals surface area contributed by atoms with Crippen molar-refractivity contribution in [3.05, 3.63) is 29.3 Å². The zero-order valence-corrected chi connectivity index (χ0v) is 8.74. The van der Waals surface area contributed by atoms with E-state index in [0.29, 0.717) is 0 Å². The summed E-state index contributed by atoms with van der Waals surface area (Å²) in [5, 5.41) is 0. The van der Waals surface area contributed by atoms with Crippen LogP contribution in [-0.4, -0.2) is 22.2 Å². The minimum Gasteiger partial charge on any atom is -0.287 e. The molecular formula is C10H8F2O2S. The minimum atomic E-state index is -3.34. The van der Waals surface area contributed by atoms with Gasteiger partial charge in [-0.3, -0.25) is 9.00 Å². The lowest BCUT2D eigenvalue weighted by molar-refractivity contribution is 0.0166. The van der Waals surface area contributed by atoms with E-state index in [-0.39, 0.29) is 16.0 Å². The maximum absolute atomic E-state index is 13.1. The Bertz CT molecular complexity index is 468. The molecule has 0 N–H and O–H groups in total. The molecule has 2 nitrogen and oxygen atoms in total. The Kier molecular flexibility index (Phi) is 2.22. The fourth-order valence-corrected chi connectivity index (χ4v) is 2.50. The third-order valence-electron chi connectivity index (χ3n) is 2.39. The molecule has 0 spiro atoms. The number of carbonyl (C=O) groups excluding carboxylic acids is 1. The lowest BCUT2D eigenvalue weighted by Gasteiger charge is -2.04. The smallest absolute Gasteiger partial charge is 0.287 e. The van der Waals surface area contributed by atoms with Crippen molar-refractivity contribution in [1.29, 1.82) is 0 Å². The second-order valence-corrected chi connectivity index (χ2v) is 4.80. The monoisotopic (exact) mass is 230 g/mol. The van der Waals surface area contributed by atoms with Gasteiger partial charge < -0.3 is 0 Å². The highest BCUT2D eigenvalue weighted by molar-refractivity contribution is 7.84. The number of fused-ring (bicyclic) bond motifs is 1. The van der Waals surface area contributed by atoms with Crippen molar-refractivity contribution in [2.45, 2.75) is 17.2 Å². The number of halogens is 2. The van der Waals surface area contributed by atoms with Crippen LogP contribution in [0.2, 0.25) is 0 Å². The number of hydrogen-bond acceptors (Lipinski definition) is 2.